The van der Waals surface area contributed by atoms with Gasteiger partial charge in [0.05, 0.1) is 11.3 Å². The Morgan fingerprint density at radius 3 is 2.65 bits per heavy atom. The number of aromatic nitrogens is 3. The molecule has 0 spiro atoms. The molecule has 10 heteroatoms. The van der Waals surface area contributed by atoms with Crippen molar-refractivity contribution in [3.63, 3.8) is 0 Å². The Kier molecular flexibility index (Phi) is 5.97. The maximum Gasteiger partial charge on any atom is 0.335 e. The summed E-state index contributed by atoms with van der Waals surface area (Å²) in [5.41, 5.74) is 1.38. The van der Waals surface area contributed by atoms with Gasteiger partial charge in [-0.1, -0.05) is 23.4 Å². The molecule has 2 aromatic heterocycles. The Hall–Kier alpha value is -3.30. The van der Waals surface area contributed by atoms with Gasteiger partial charge >= 0.3 is 5.97 Å². The maximum atomic E-state index is 12.3. The van der Waals surface area contributed by atoms with Gasteiger partial charge < -0.3 is 14.8 Å². The molecule has 4 aromatic rings. The van der Waals surface area contributed by atoms with Crippen LogP contribution in [0.5, 0.6) is 0 Å². The summed E-state index contributed by atoms with van der Waals surface area (Å²) in [6.45, 7) is 2.56. The average molecular weight is 457 g/mol. The third-order valence-corrected chi connectivity index (χ3v) is 5.68. The molecule has 0 bridgehead atoms. The van der Waals surface area contributed by atoms with E-state index in [4.69, 9.17) is 21.1 Å². The number of carboxylic acids is 1. The lowest BCUT2D eigenvalue weighted by Crippen LogP contribution is -2.14. The maximum absolute atomic E-state index is 12.3. The van der Waals surface area contributed by atoms with Crippen LogP contribution in [0.25, 0.3) is 22.6 Å². The number of nitrogens with one attached hydrogen (secondary N) is 1. The van der Waals surface area contributed by atoms with E-state index in [0.29, 0.717) is 39.6 Å². The van der Waals surface area contributed by atoms with Gasteiger partial charge in [-0.3, -0.25) is 9.36 Å². The molecular weight excluding hydrogens is 440 g/mol. The van der Waals surface area contributed by atoms with Crippen molar-refractivity contribution in [3.8, 4) is 11.6 Å². The topological polar surface area (TPSA) is 110 Å². The van der Waals surface area contributed by atoms with Gasteiger partial charge in [-0.2, -0.15) is 0 Å². The fraction of sp³-hybridized carbons (Fsp3) is 0.143. The average Bonchev–Trinajstić information content (AvgIpc) is 3.35. The number of rotatable bonds is 7. The number of carbonyl (C=O) groups excluding carboxylic acids is 1. The van der Waals surface area contributed by atoms with E-state index in [-0.39, 0.29) is 17.2 Å². The van der Waals surface area contributed by atoms with Gasteiger partial charge in [-0.05, 0) is 55.5 Å². The molecule has 2 N–H and O–H groups in total. The molecule has 0 fully saturated rings. The van der Waals surface area contributed by atoms with Gasteiger partial charge in [-0.25, -0.2) is 4.79 Å². The molecule has 0 aliphatic carbocycles. The highest BCUT2D eigenvalue weighted by molar-refractivity contribution is 7.99. The van der Waals surface area contributed by atoms with Crippen molar-refractivity contribution in [3.05, 3.63) is 59.1 Å². The van der Waals surface area contributed by atoms with Gasteiger partial charge in [0.25, 0.3) is 0 Å². The van der Waals surface area contributed by atoms with Crippen molar-refractivity contribution in [1.82, 2.24) is 14.8 Å². The molecule has 1 amide bonds. The van der Waals surface area contributed by atoms with Crippen LogP contribution in [0.2, 0.25) is 5.02 Å². The summed E-state index contributed by atoms with van der Waals surface area (Å²) < 4.78 is 7.76. The fourth-order valence-corrected chi connectivity index (χ4v) is 3.99. The SMILES string of the molecule is CCn1c(SCC(=O)Nc2ccc(C(=O)O)cc2)nnc1-c1cc2cc(Cl)ccc2o1. The fourth-order valence-electron chi connectivity index (χ4n) is 3.01. The van der Waals surface area contributed by atoms with E-state index in [1.54, 1.807) is 24.3 Å². The molecule has 2 heterocycles. The third kappa shape index (κ3) is 4.57. The third-order valence-electron chi connectivity index (χ3n) is 4.48. The first-order valence-electron chi connectivity index (χ1n) is 9.33. The molecule has 0 atom stereocenters. The number of amides is 1. The zero-order chi connectivity index (χ0) is 22.0. The molecule has 8 nitrogen and oxygen atoms in total. The quantitative estimate of drug-likeness (QED) is 0.384. The summed E-state index contributed by atoms with van der Waals surface area (Å²) in [6.07, 6.45) is 0. The number of carbonyl (C=O) groups is 2. The summed E-state index contributed by atoms with van der Waals surface area (Å²) in [6, 6.07) is 13.2. The number of thioether (sulfide) groups is 1. The number of benzene rings is 2. The van der Waals surface area contributed by atoms with Gasteiger partial charge in [0.2, 0.25) is 11.7 Å². The number of halogens is 1. The molecule has 0 aliphatic rings. The normalized spacial score (nSPS) is 11.0. The molecule has 0 unspecified atom stereocenters. The molecule has 0 saturated heterocycles. The Bertz CT molecular complexity index is 1270. The molecule has 158 valence electrons. The van der Waals surface area contributed by atoms with Crippen molar-refractivity contribution in [2.24, 2.45) is 0 Å². The number of nitrogens with zero attached hydrogens (tertiary/aromatic N) is 3. The van der Waals surface area contributed by atoms with Crippen molar-refractivity contribution < 1.29 is 19.1 Å². The van der Waals surface area contributed by atoms with Crippen LogP contribution < -0.4 is 5.32 Å². The molecule has 31 heavy (non-hydrogen) atoms. The van der Waals surface area contributed by atoms with Crippen LogP contribution in [0.4, 0.5) is 5.69 Å². The molecular formula is C21H17ClN4O4S. The summed E-state index contributed by atoms with van der Waals surface area (Å²) in [5.74, 6) is 0.00643. The summed E-state index contributed by atoms with van der Waals surface area (Å²) >= 11 is 7.30. The number of furan rings is 1. The molecule has 2 aromatic carbocycles. The highest BCUT2D eigenvalue weighted by Crippen LogP contribution is 2.30. The van der Waals surface area contributed by atoms with E-state index < -0.39 is 5.97 Å². The van der Waals surface area contributed by atoms with Crippen molar-refractivity contribution in [1.29, 1.82) is 0 Å². The van der Waals surface area contributed by atoms with E-state index in [1.165, 1.54) is 23.9 Å². The first kappa shape index (κ1) is 21.0. The number of hydrogen-bond donors (Lipinski definition) is 2. The predicted octanol–water partition coefficient (Wildman–Crippen LogP) is 4.79. The Labute approximate surface area is 186 Å². The summed E-state index contributed by atoms with van der Waals surface area (Å²) in [5, 5.41) is 22.2. The van der Waals surface area contributed by atoms with E-state index in [2.05, 4.69) is 15.5 Å². The molecule has 0 aliphatic heterocycles. The molecule has 0 saturated carbocycles. The smallest absolute Gasteiger partial charge is 0.335 e. The lowest BCUT2D eigenvalue weighted by atomic mass is 10.2. The van der Waals surface area contributed by atoms with Crippen LogP contribution in [0.15, 0.2) is 58.1 Å². The first-order chi connectivity index (χ1) is 14.9. The second-order valence-corrected chi connectivity index (χ2v) is 7.94. The Balaban J connectivity index is 1.45. The van der Waals surface area contributed by atoms with E-state index in [1.807, 2.05) is 23.6 Å². The van der Waals surface area contributed by atoms with Crippen LogP contribution in [-0.2, 0) is 11.3 Å². The van der Waals surface area contributed by atoms with Crippen LogP contribution >= 0.6 is 23.4 Å². The lowest BCUT2D eigenvalue weighted by Gasteiger charge is -2.07. The van der Waals surface area contributed by atoms with Gasteiger partial charge in [0.15, 0.2) is 10.9 Å². The minimum Gasteiger partial charge on any atom is -0.478 e. The van der Waals surface area contributed by atoms with Gasteiger partial charge in [-0.15, -0.1) is 10.2 Å². The largest absolute Gasteiger partial charge is 0.478 e. The van der Waals surface area contributed by atoms with Gasteiger partial charge in [0.1, 0.15) is 5.58 Å². The number of fused-ring (bicyclic) bond motifs is 1. The standard InChI is InChI=1S/C21H17ClN4O4S/c1-2-26-19(17-10-13-9-14(22)5-8-16(13)30-17)24-25-21(26)31-11-18(27)23-15-6-3-12(4-7-15)20(28)29/h3-10H,2,11H2,1H3,(H,23,27)(H,28,29). The zero-order valence-corrected chi connectivity index (χ0v) is 17.9. The second-order valence-electron chi connectivity index (χ2n) is 6.56. The van der Waals surface area contributed by atoms with Crippen LogP contribution in [-0.4, -0.2) is 37.5 Å². The van der Waals surface area contributed by atoms with Gasteiger partial charge in [0, 0.05) is 22.6 Å². The minimum absolute atomic E-state index is 0.120. The zero-order valence-electron chi connectivity index (χ0n) is 16.3. The van der Waals surface area contributed by atoms with E-state index in [9.17, 15) is 9.59 Å². The highest BCUT2D eigenvalue weighted by Gasteiger charge is 2.18. The number of carboxylic acid groups (broad SMARTS) is 1. The van der Waals surface area contributed by atoms with Crippen LogP contribution in [0.1, 0.15) is 17.3 Å². The van der Waals surface area contributed by atoms with Crippen molar-refractivity contribution in [2.45, 2.75) is 18.6 Å². The molecule has 0 radical (unpaired) electrons. The summed E-state index contributed by atoms with van der Waals surface area (Å²) in [7, 11) is 0. The Morgan fingerprint density at radius 1 is 1.16 bits per heavy atom. The second kappa shape index (κ2) is 8.83. The number of anilines is 1. The number of hydrogen-bond acceptors (Lipinski definition) is 6. The van der Waals surface area contributed by atoms with E-state index >= 15 is 0 Å². The highest BCUT2D eigenvalue weighted by atomic mass is 35.5. The Morgan fingerprint density at radius 2 is 1.94 bits per heavy atom. The minimum atomic E-state index is -1.02. The lowest BCUT2D eigenvalue weighted by molar-refractivity contribution is -0.113. The van der Waals surface area contributed by atoms with Crippen molar-refractivity contribution in [2.75, 3.05) is 11.1 Å². The summed E-state index contributed by atoms with van der Waals surface area (Å²) in [4.78, 5) is 23.2. The molecule has 4 rings (SSSR count). The first-order valence-corrected chi connectivity index (χ1v) is 10.7. The monoisotopic (exact) mass is 456 g/mol. The predicted molar refractivity (Wildman–Crippen MR) is 119 cm³/mol. The van der Waals surface area contributed by atoms with E-state index in [0.717, 1.165) is 5.39 Å². The van der Waals surface area contributed by atoms with Crippen LogP contribution in [0.3, 0.4) is 0 Å². The number of aromatic carboxylic acids is 1. The van der Waals surface area contributed by atoms with Crippen molar-refractivity contribution >= 4 is 51.9 Å². The van der Waals surface area contributed by atoms with Crippen LogP contribution in [0, 0.1) is 0 Å².